The molecule has 3 heteroatoms. The van der Waals surface area contributed by atoms with E-state index in [0.717, 1.165) is 6.61 Å². The lowest BCUT2D eigenvalue weighted by molar-refractivity contribution is 0.0301. The van der Waals surface area contributed by atoms with E-state index < -0.39 is 10.3 Å². The van der Waals surface area contributed by atoms with E-state index in [4.69, 9.17) is 8.92 Å². The molecule has 0 aromatic carbocycles. The average Bonchev–Trinajstić information content (AvgIpc) is 2.20. The highest BCUT2D eigenvalue weighted by Crippen LogP contribution is 2.56. The maximum absolute atomic E-state index is 6.46. The minimum Gasteiger partial charge on any atom is -0.384 e. The van der Waals surface area contributed by atoms with Crippen molar-refractivity contribution in [3.05, 3.63) is 0 Å². The lowest BCUT2D eigenvalue weighted by atomic mass is 9.75. The number of methoxy groups -OCH3 is 1. The Bertz CT molecular complexity index is 260. The van der Waals surface area contributed by atoms with Crippen molar-refractivity contribution < 1.29 is 8.92 Å². The van der Waals surface area contributed by atoms with Gasteiger partial charge in [-0.3, -0.25) is 0 Å². The van der Waals surface area contributed by atoms with E-state index in [-0.39, 0.29) is 4.75 Å². The first kappa shape index (κ1) is 16.3. The van der Waals surface area contributed by atoms with Crippen LogP contribution in [0.25, 0.3) is 0 Å². The normalized spacial score (nSPS) is 31.4. The van der Waals surface area contributed by atoms with Gasteiger partial charge in [0.1, 0.15) is 0 Å². The molecule has 0 atom stereocenters. The molecule has 0 N–H and O–H groups in total. The highest BCUT2D eigenvalue weighted by molar-refractivity contribution is 8.29. The zero-order valence-corrected chi connectivity index (χ0v) is 14.2. The van der Waals surface area contributed by atoms with Crippen LogP contribution in [-0.2, 0) is 8.92 Å². The Hall–Kier alpha value is 0.270. The van der Waals surface area contributed by atoms with E-state index in [1.165, 1.54) is 25.7 Å². The molecule has 0 amide bonds. The van der Waals surface area contributed by atoms with Crippen LogP contribution in [0.4, 0.5) is 0 Å². The summed E-state index contributed by atoms with van der Waals surface area (Å²) in [6.07, 6.45) is 9.89. The van der Waals surface area contributed by atoms with Gasteiger partial charge in [-0.1, -0.05) is 27.7 Å². The summed E-state index contributed by atoms with van der Waals surface area (Å²) in [4.78, 5) is 0. The molecule has 0 radical (unpaired) electrons. The lowest BCUT2D eigenvalue weighted by Gasteiger charge is -2.48. The maximum Gasteiger partial charge on any atom is 0.0701 e. The minimum atomic E-state index is -0.978. The fraction of sp³-hybridized carbons (Fsp3) is 1.00. The molecule has 0 saturated heterocycles. The number of hydrogen-bond acceptors (Lipinski definition) is 2. The Morgan fingerprint density at radius 3 is 2.06 bits per heavy atom. The lowest BCUT2D eigenvalue weighted by Crippen LogP contribution is -2.35. The van der Waals surface area contributed by atoms with Gasteiger partial charge in [-0.25, -0.2) is 0 Å². The van der Waals surface area contributed by atoms with Gasteiger partial charge < -0.3 is 8.92 Å². The Morgan fingerprint density at radius 2 is 1.67 bits per heavy atom. The molecule has 1 aliphatic rings. The van der Waals surface area contributed by atoms with Crippen molar-refractivity contribution in [2.24, 2.45) is 5.41 Å². The molecule has 18 heavy (non-hydrogen) atoms. The minimum absolute atomic E-state index is 0.264. The molecule has 0 spiro atoms. The molecule has 1 aliphatic carbocycles. The van der Waals surface area contributed by atoms with E-state index in [1.54, 1.807) is 7.11 Å². The molecule has 1 saturated carbocycles. The van der Waals surface area contributed by atoms with Crippen molar-refractivity contribution in [1.29, 1.82) is 0 Å². The van der Waals surface area contributed by atoms with Crippen molar-refractivity contribution in [3.63, 3.8) is 0 Å². The predicted molar refractivity (Wildman–Crippen MR) is 82.5 cm³/mol. The molecule has 0 aromatic rings. The molecular formula is C15H32O2S. The Morgan fingerprint density at radius 1 is 1.17 bits per heavy atom. The highest BCUT2D eigenvalue weighted by atomic mass is 32.3. The van der Waals surface area contributed by atoms with Gasteiger partial charge in [0.05, 0.1) is 12.7 Å². The fourth-order valence-corrected chi connectivity index (χ4v) is 3.52. The van der Waals surface area contributed by atoms with E-state index in [2.05, 4.69) is 40.2 Å². The molecule has 1 fully saturated rings. The van der Waals surface area contributed by atoms with Crippen LogP contribution in [0.15, 0.2) is 0 Å². The van der Waals surface area contributed by atoms with Gasteiger partial charge in [-0.2, -0.15) is 0 Å². The zero-order chi connectivity index (χ0) is 14.0. The smallest absolute Gasteiger partial charge is 0.0701 e. The molecule has 0 aliphatic heterocycles. The largest absolute Gasteiger partial charge is 0.384 e. The van der Waals surface area contributed by atoms with Gasteiger partial charge >= 0.3 is 0 Å². The Labute approximate surface area is 115 Å². The molecule has 0 bridgehead atoms. The van der Waals surface area contributed by atoms with Gasteiger partial charge in [0.25, 0.3) is 0 Å². The van der Waals surface area contributed by atoms with E-state index in [0.29, 0.717) is 11.5 Å². The number of ether oxygens (including phenoxy) is 1. The first-order chi connectivity index (χ1) is 8.10. The standard InChI is InChI=1S/C15H32O2S/c1-14(2,3)18(6,7)17-13-8-10-15(4,11-9-13)12-16-5/h13H,8-12H2,1-7H3. The van der Waals surface area contributed by atoms with Crippen molar-refractivity contribution in [1.82, 2.24) is 0 Å². The molecule has 0 unspecified atom stereocenters. The monoisotopic (exact) mass is 276 g/mol. The SMILES string of the molecule is COCC1(C)CCC(OS(C)(C)C(C)(C)C)CC1. The molecule has 110 valence electrons. The van der Waals surface area contributed by atoms with Crippen LogP contribution in [0.2, 0.25) is 0 Å². The van der Waals surface area contributed by atoms with E-state index in [9.17, 15) is 0 Å². The molecule has 0 aromatic heterocycles. The summed E-state index contributed by atoms with van der Waals surface area (Å²) in [5, 5.41) is 0. The van der Waals surface area contributed by atoms with E-state index in [1.807, 2.05) is 0 Å². The summed E-state index contributed by atoms with van der Waals surface area (Å²) in [5.41, 5.74) is 0.371. The average molecular weight is 276 g/mol. The molecule has 0 heterocycles. The zero-order valence-electron chi connectivity index (χ0n) is 13.3. The first-order valence-corrected chi connectivity index (χ1v) is 9.37. The summed E-state index contributed by atoms with van der Waals surface area (Å²) >= 11 is 0. The van der Waals surface area contributed by atoms with Crippen molar-refractivity contribution in [2.75, 3.05) is 26.2 Å². The van der Waals surface area contributed by atoms with Crippen LogP contribution in [0.3, 0.4) is 0 Å². The molecule has 1 rings (SSSR count). The van der Waals surface area contributed by atoms with Gasteiger partial charge in [-0.15, -0.1) is 10.3 Å². The maximum atomic E-state index is 6.46. The van der Waals surface area contributed by atoms with Gasteiger partial charge in [0, 0.05) is 11.9 Å². The van der Waals surface area contributed by atoms with Crippen molar-refractivity contribution in [3.8, 4) is 0 Å². The van der Waals surface area contributed by atoms with Crippen molar-refractivity contribution >= 4 is 10.3 Å². The summed E-state index contributed by atoms with van der Waals surface area (Å²) in [6, 6.07) is 0. The third-order valence-corrected chi connectivity index (χ3v) is 8.19. The predicted octanol–water partition coefficient (Wildman–Crippen LogP) is 4.38. The first-order valence-electron chi connectivity index (χ1n) is 7.00. The van der Waals surface area contributed by atoms with Crippen LogP contribution in [0.5, 0.6) is 0 Å². The summed E-state index contributed by atoms with van der Waals surface area (Å²) < 4.78 is 12.1. The second-order valence-corrected chi connectivity index (χ2v) is 11.3. The third-order valence-electron chi connectivity index (χ3n) is 4.48. The quantitative estimate of drug-likeness (QED) is 0.759. The van der Waals surface area contributed by atoms with Crippen LogP contribution in [-0.4, -0.2) is 37.1 Å². The third kappa shape index (κ3) is 4.14. The van der Waals surface area contributed by atoms with Gasteiger partial charge in [-0.05, 0) is 43.6 Å². The van der Waals surface area contributed by atoms with Gasteiger partial charge in [0.15, 0.2) is 0 Å². The van der Waals surface area contributed by atoms with Crippen LogP contribution >= 0.6 is 10.3 Å². The van der Waals surface area contributed by atoms with Crippen LogP contribution < -0.4 is 0 Å². The summed E-state index contributed by atoms with van der Waals surface area (Å²) in [7, 11) is 0.828. The van der Waals surface area contributed by atoms with Crippen molar-refractivity contribution in [2.45, 2.75) is 64.2 Å². The van der Waals surface area contributed by atoms with E-state index >= 15 is 0 Å². The highest BCUT2D eigenvalue weighted by Gasteiger charge is 2.36. The van der Waals surface area contributed by atoms with Gasteiger partial charge in [0.2, 0.25) is 0 Å². The van der Waals surface area contributed by atoms with Crippen LogP contribution in [0.1, 0.15) is 53.4 Å². The number of hydrogen-bond donors (Lipinski definition) is 0. The fourth-order valence-electron chi connectivity index (χ4n) is 2.36. The topological polar surface area (TPSA) is 18.5 Å². The summed E-state index contributed by atoms with van der Waals surface area (Å²) in [6.45, 7) is 10.1. The summed E-state index contributed by atoms with van der Waals surface area (Å²) in [5.74, 6) is 0. The second kappa shape index (κ2) is 5.72. The second-order valence-electron chi connectivity index (χ2n) is 7.38. The molecular weight excluding hydrogens is 244 g/mol. The molecule has 2 nitrogen and oxygen atoms in total. The van der Waals surface area contributed by atoms with Crippen LogP contribution in [0, 0.1) is 5.41 Å². The number of rotatable bonds is 4. The Kier molecular flexibility index (Phi) is 5.19. The Balaban J connectivity index is 2.50.